The highest BCUT2D eigenvalue weighted by Crippen LogP contribution is 2.21. The molecule has 140 valence electrons. The lowest BCUT2D eigenvalue weighted by Gasteiger charge is -2.06. The van der Waals surface area contributed by atoms with Gasteiger partial charge in [-0.15, -0.1) is 0 Å². The highest BCUT2D eigenvalue weighted by Gasteiger charge is 2.10. The van der Waals surface area contributed by atoms with Crippen molar-refractivity contribution in [3.05, 3.63) is 59.8 Å². The fourth-order valence-corrected chi connectivity index (χ4v) is 2.64. The van der Waals surface area contributed by atoms with E-state index in [1.54, 1.807) is 12.1 Å². The number of amides is 2. The molecule has 3 aromatic rings. The average Bonchev–Trinajstić information content (AvgIpc) is 3.11. The molecule has 0 unspecified atom stereocenters. The van der Waals surface area contributed by atoms with E-state index in [1.807, 2.05) is 43.3 Å². The number of aromatic nitrogens is 1. The van der Waals surface area contributed by atoms with Crippen LogP contribution < -0.4 is 15.4 Å². The Balaban J connectivity index is 1.62. The van der Waals surface area contributed by atoms with Crippen LogP contribution in [0.5, 0.6) is 5.75 Å². The van der Waals surface area contributed by atoms with Crippen LogP contribution in [0.3, 0.4) is 0 Å². The van der Waals surface area contributed by atoms with E-state index < -0.39 is 6.09 Å². The summed E-state index contributed by atoms with van der Waals surface area (Å²) in [5, 5.41) is 6.39. The van der Waals surface area contributed by atoms with E-state index in [-0.39, 0.29) is 5.91 Å². The molecule has 0 aliphatic carbocycles. The third-order valence-corrected chi connectivity index (χ3v) is 3.99. The first-order chi connectivity index (χ1) is 13.1. The van der Waals surface area contributed by atoms with Crippen molar-refractivity contribution in [1.82, 2.24) is 10.3 Å². The van der Waals surface area contributed by atoms with E-state index in [1.165, 1.54) is 7.11 Å². The van der Waals surface area contributed by atoms with Crippen molar-refractivity contribution in [3.63, 3.8) is 0 Å². The minimum atomic E-state index is -0.526. The average molecular weight is 367 g/mol. The van der Waals surface area contributed by atoms with Gasteiger partial charge in [0.15, 0.2) is 0 Å². The molecule has 7 heteroatoms. The summed E-state index contributed by atoms with van der Waals surface area (Å²) in [6.45, 7) is 2.89. The summed E-state index contributed by atoms with van der Waals surface area (Å²) >= 11 is 0. The fourth-order valence-electron chi connectivity index (χ4n) is 2.64. The molecule has 1 aromatic heterocycles. The summed E-state index contributed by atoms with van der Waals surface area (Å²) in [7, 11) is 1.31. The second-order valence-electron chi connectivity index (χ2n) is 5.86. The second kappa shape index (κ2) is 8.27. The number of aromatic amines is 1. The lowest BCUT2D eigenvalue weighted by molar-refractivity contribution is 0.0946. The number of H-pyrrole nitrogens is 1. The van der Waals surface area contributed by atoms with E-state index >= 15 is 0 Å². The van der Waals surface area contributed by atoms with Gasteiger partial charge in [0.2, 0.25) is 0 Å². The Morgan fingerprint density at radius 3 is 2.56 bits per heavy atom. The topological polar surface area (TPSA) is 92.5 Å². The number of anilines is 1. The smallest absolute Gasteiger partial charge is 0.411 e. The number of carbonyl (C=O) groups excluding carboxylic acids is 2. The maximum Gasteiger partial charge on any atom is 0.411 e. The second-order valence-corrected chi connectivity index (χ2v) is 5.86. The molecule has 27 heavy (non-hydrogen) atoms. The van der Waals surface area contributed by atoms with Crippen molar-refractivity contribution in [2.24, 2.45) is 0 Å². The van der Waals surface area contributed by atoms with Gasteiger partial charge >= 0.3 is 6.09 Å². The summed E-state index contributed by atoms with van der Waals surface area (Å²) in [6, 6.07) is 14.6. The molecule has 0 bridgehead atoms. The standard InChI is InChI=1S/C20H21N3O4/c1-3-27-16-9-6-14-10-18(23-17(14)11-16)19(24)21-12-13-4-7-15(8-5-13)22-20(25)26-2/h4-11,23H,3,12H2,1-2H3,(H,21,24)(H,22,25). The first kappa shape index (κ1) is 18.3. The van der Waals surface area contributed by atoms with Crippen LogP contribution in [0, 0.1) is 0 Å². The molecule has 0 saturated carbocycles. The molecule has 3 N–H and O–H groups in total. The normalized spacial score (nSPS) is 10.4. The van der Waals surface area contributed by atoms with Gasteiger partial charge in [-0.05, 0) is 42.8 Å². The van der Waals surface area contributed by atoms with Crippen LogP contribution in [-0.4, -0.2) is 30.7 Å². The fraction of sp³-hybridized carbons (Fsp3) is 0.200. The Morgan fingerprint density at radius 2 is 1.85 bits per heavy atom. The van der Waals surface area contributed by atoms with Crippen molar-refractivity contribution < 1.29 is 19.1 Å². The first-order valence-corrected chi connectivity index (χ1v) is 8.56. The SMILES string of the molecule is CCOc1ccc2cc(C(=O)NCc3ccc(NC(=O)OC)cc3)[nH]c2c1. The molecule has 0 fully saturated rings. The van der Waals surface area contributed by atoms with Crippen LogP contribution in [0.15, 0.2) is 48.5 Å². The van der Waals surface area contributed by atoms with Gasteiger partial charge in [-0.1, -0.05) is 12.1 Å². The van der Waals surface area contributed by atoms with Crippen LogP contribution in [-0.2, 0) is 11.3 Å². The highest BCUT2D eigenvalue weighted by atomic mass is 16.5. The van der Waals surface area contributed by atoms with E-state index in [9.17, 15) is 9.59 Å². The summed E-state index contributed by atoms with van der Waals surface area (Å²) in [5.74, 6) is 0.570. The molecular formula is C20H21N3O4. The van der Waals surface area contributed by atoms with Crippen molar-refractivity contribution in [2.75, 3.05) is 19.0 Å². The number of fused-ring (bicyclic) bond motifs is 1. The molecule has 7 nitrogen and oxygen atoms in total. The van der Waals surface area contributed by atoms with Crippen LogP contribution >= 0.6 is 0 Å². The van der Waals surface area contributed by atoms with Gasteiger partial charge < -0.3 is 19.8 Å². The monoisotopic (exact) mass is 367 g/mol. The van der Waals surface area contributed by atoms with Gasteiger partial charge in [0.05, 0.1) is 13.7 Å². The molecule has 0 atom stereocenters. The maximum atomic E-state index is 12.4. The molecule has 0 aliphatic heterocycles. The number of rotatable bonds is 6. The summed E-state index contributed by atoms with van der Waals surface area (Å²) in [4.78, 5) is 26.7. The van der Waals surface area contributed by atoms with E-state index in [4.69, 9.17) is 4.74 Å². The van der Waals surface area contributed by atoms with Crippen LogP contribution in [0.4, 0.5) is 10.5 Å². The molecule has 1 heterocycles. The maximum absolute atomic E-state index is 12.4. The van der Waals surface area contributed by atoms with Gasteiger partial charge in [0.1, 0.15) is 11.4 Å². The van der Waals surface area contributed by atoms with Gasteiger partial charge in [0, 0.05) is 29.2 Å². The molecule has 0 saturated heterocycles. The quantitative estimate of drug-likeness (QED) is 0.620. The highest BCUT2D eigenvalue weighted by molar-refractivity contribution is 5.98. The summed E-state index contributed by atoms with van der Waals surface area (Å²) in [6.07, 6.45) is -0.526. The zero-order valence-corrected chi connectivity index (χ0v) is 15.2. The number of nitrogens with one attached hydrogen (secondary N) is 3. The van der Waals surface area contributed by atoms with Gasteiger partial charge in [-0.3, -0.25) is 10.1 Å². The predicted molar refractivity (Wildman–Crippen MR) is 103 cm³/mol. The summed E-state index contributed by atoms with van der Waals surface area (Å²) in [5.41, 5.74) is 2.87. The Labute approximate surface area is 156 Å². The minimum absolute atomic E-state index is 0.194. The number of carbonyl (C=O) groups is 2. The largest absolute Gasteiger partial charge is 0.494 e. The molecule has 0 radical (unpaired) electrons. The Morgan fingerprint density at radius 1 is 1.07 bits per heavy atom. The number of benzene rings is 2. The molecule has 3 rings (SSSR count). The number of ether oxygens (including phenoxy) is 2. The zero-order valence-electron chi connectivity index (χ0n) is 15.2. The van der Waals surface area contributed by atoms with Gasteiger partial charge in [0.25, 0.3) is 5.91 Å². The third-order valence-electron chi connectivity index (χ3n) is 3.99. The van der Waals surface area contributed by atoms with E-state index in [0.717, 1.165) is 22.2 Å². The van der Waals surface area contributed by atoms with Crippen LogP contribution in [0.1, 0.15) is 23.0 Å². The minimum Gasteiger partial charge on any atom is -0.494 e. The first-order valence-electron chi connectivity index (χ1n) is 8.56. The molecule has 2 aromatic carbocycles. The number of hydrogen-bond donors (Lipinski definition) is 3. The third kappa shape index (κ3) is 4.58. The molecule has 0 spiro atoms. The molecular weight excluding hydrogens is 346 g/mol. The molecule has 0 aliphatic rings. The zero-order chi connectivity index (χ0) is 19.2. The Kier molecular flexibility index (Phi) is 5.61. The van der Waals surface area contributed by atoms with Crippen LogP contribution in [0.2, 0.25) is 0 Å². The lowest BCUT2D eigenvalue weighted by atomic mass is 10.2. The van der Waals surface area contributed by atoms with Crippen molar-refractivity contribution in [2.45, 2.75) is 13.5 Å². The predicted octanol–water partition coefficient (Wildman–Crippen LogP) is 3.67. The van der Waals surface area contributed by atoms with E-state index in [2.05, 4.69) is 20.4 Å². The van der Waals surface area contributed by atoms with Crippen molar-refractivity contribution in [3.8, 4) is 5.75 Å². The van der Waals surface area contributed by atoms with Crippen molar-refractivity contribution in [1.29, 1.82) is 0 Å². The lowest BCUT2D eigenvalue weighted by Crippen LogP contribution is -2.23. The number of hydrogen-bond acceptors (Lipinski definition) is 4. The van der Waals surface area contributed by atoms with Crippen LogP contribution in [0.25, 0.3) is 10.9 Å². The Hall–Kier alpha value is -3.48. The van der Waals surface area contributed by atoms with Crippen molar-refractivity contribution >= 4 is 28.6 Å². The van der Waals surface area contributed by atoms with Gasteiger partial charge in [-0.25, -0.2) is 4.79 Å². The number of methoxy groups -OCH3 is 1. The molecule has 2 amide bonds. The van der Waals surface area contributed by atoms with E-state index in [0.29, 0.717) is 24.5 Å². The van der Waals surface area contributed by atoms with Gasteiger partial charge in [-0.2, -0.15) is 0 Å². The Bertz CT molecular complexity index is 948. The summed E-state index contributed by atoms with van der Waals surface area (Å²) < 4.78 is 10.0.